The molecule has 0 amide bonds. The highest BCUT2D eigenvalue weighted by Crippen LogP contribution is 2.28. The highest BCUT2D eigenvalue weighted by Gasteiger charge is 2.21. The molecule has 0 bridgehead atoms. The van der Waals surface area contributed by atoms with Crippen molar-refractivity contribution >= 4 is 17.3 Å². The maximum absolute atomic E-state index is 10.3. The van der Waals surface area contributed by atoms with Crippen LogP contribution in [0, 0.1) is 0 Å². The molecule has 0 spiro atoms. The molecule has 1 unspecified atom stereocenters. The van der Waals surface area contributed by atoms with Gasteiger partial charge in [-0.25, -0.2) is 0 Å². The number of hydrogen-bond acceptors (Lipinski definition) is 5. The SMILES string of the molecule is COc1ccccc1N1CCN(CC(O)COCc2ccc(Cl)cc2)CC1. The normalized spacial score (nSPS) is 16.3. The van der Waals surface area contributed by atoms with Crippen LogP contribution in [0.2, 0.25) is 5.02 Å². The van der Waals surface area contributed by atoms with Crippen molar-refractivity contribution in [2.75, 3.05) is 51.3 Å². The van der Waals surface area contributed by atoms with Gasteiger partial charge in [-0.3, -0.25) is 4.90 Å². The fraction of sp³-hybridized carbons (Fsp3) is 0.429. The Morgan fingerprint density at radius 1 is 1.04 bits per heavy atom. The second-order valence-electron chi connectivity index (χ2n) is 6.75. The van der Waals surface area contributed by atoms with Gasteiger partial charge in [0.1, 0.15) is 5.75 Å². The Morgan fingerprint density at radius 2 is 1.74 bits per heavy atom. The molecule has 6 heteroatoms. The molecular weight excluding hydrogens is 364 g/mol. The minimum Gasteiger partial charge on any atom is -0.495 e. The number of aliphatic hydroxyl groups is 1. The number of benzene rings is 2. The Balaban J connectivity index is 1.39. The monoisotopic (exact) mass is 390 g/mol. The molecule has 1 atom stereocenters. The van der Waals surface area contributed by atoms with Gasteiger partial charge in [-0.15, -0.1) is 0 Å². The van der Waals surface area contributed by atoms with Crippen LogP contribution in [0.4, 0.5) is 5.69 Å². The average molecular weight is 391 g/mol. The number of piperazine rings is 1. The predicted molar refractivity (Wildman–Crippen MR) is 109 cm³/mol. The topological polar surface area (TPSA) is 45.2 Å². The summed E-state index contributed by atoms with van der Waals surface area (Å²) in [6.07, 6.45) is -0.491. The first-order chi connectivity index (χ1) is 13.2. The third kappa shape index (κ3) is 5.84. The summed E-state index contributed by atoms with van der Waals surface area (Å²) in [5.74, 6) is 0.904. The number of β-amino-alcohol motifs (C(OH)–C–C–N with tert-alkyl or cyclic N) is 1. The lowest BCUT2D eigenvalue weighted by Gasteiger charge is -2.37. The van der Waals surface area contributed by atoms with Gasteiger partial charge < -0.3 is 19.5 Å². The molecule has 0 aliphatic carbocycles. The van der Waals surface area contributed by atoms with E-state index in [1.54, 1.807) is 7.11 Å². The first kappa shape index (κ1) is 20.0. The van der Waals surface area contributed by atoms with E-state index in [0.29, 0.717) is 24.8 Å². The van der Waals surface area contributed by atoms with E-state index in [1.807, 2.05) is 42.5 Å². The first-order valence-electron chi connectivity index (χ1n) is 9.26. The second-order valence-corrected chi connectivity index (χ2v) is 7.19. The number of methoxy groups -OCH3 is 1. The van der Waals surface area contributed by atoms with Crippen LogP contribution in [-0.4, -0.2) is 62.6 Å². The van der Waals surface area contributed by atoms with E-state index in [0.717, 1.165) is 43.2 Å². The van der Waals surface area contributed by atoms with Crippen LogP contribution >= 0.6 is 11.6 Å². The summed E-state index contributed by atoms with van der Waals surface area (Å²) in [6.45, 7) is 5.08. The highest BCUT2D eigenvalue weighted by atomic mass is 35.5. The number of ether oxygens (including phenoxy) is 2. The Hall–Kier alpha value is -1.79. The molecule has 1 saturated heterocycles. The van der Waals surface area contributed by atoms with Crippen LogP contribution in [-0.2, 0) is 11.3 Å². The van der Waals surface area contributed by atoms with Crippen molar-refractivity contribution in [2.45, 2.75) is 12.7 Å². The van der Waals surface area contributed by atoms with Crippen molar-refractivity contribution in [3.63, 3.8) is 0 Å². The van der Waals surface area contributed by atoms with E-state index in [1.165, 1.54) is 0 Å². The summed E-state index contributed by atoms with van der Waals surface area (Å²) in [5.41, 5.74) is 2.18. The smallest absolute Gasteiger partial charge is 0.142 e. The standard InChI is InChI=1S/C21H27ClN2O3/c1-26-21-5-3-2-4-20(21)24-12-10-23(11-13-24)14-19(25)16-27-15-17-6-8-18(22)9-7-17/h2-9,19,25H,10-16H2,1H3. The van der Waals surface area contributed by atoms with Crippen molar-refractivity contribution in [3.05, 3.63) is 59.1 Å². The van der Waals surface area contributed by atoms with Gasteiger partial charge in [0.2, 0.25) is 0 Å². The summed E-state index contributed by atoms with van der Waals surface area (Å²) < 4.78 is 11.1. The number of para-hydroxylation sites is 2. The third-order valence-corrected chi connectivity index (χ3v) is 5.01. The Labute approximate surface area is 166 Å². The number of nitrogens with zero attached hydrogens (tertiary/aromatic N) is 2. The number of halogens is 1. The minimum atomic E-state index is -0.491. The Bertz CT molecular complexity index is 703. The molecule has 0 saturated carbocycles. The van der Waals surface area contributed by atoms with Crippen molar-refractivity contribution in [1.82, 2.24) is 4.90 Å². The molecular formula is C21H27ClN2O3. The Kier molecular flexibility index (Phi) is 7.35. The summed E-state index contributed by atoms with van der Waals surface area (Å²) in [5, 5.41) is 11.0. The molecule has 0 aromatic heterocycles. The summed E-state index contributed by atoms with van der Waals surface area (Å²) in [7, 11) is 1.70. The molecule has 2 aromatic carbocycles. The number of hydrogen-bond donors (Lipinski definition) is 1. The van der Waals surface area contributed by atoms with E-state index in [2.05, 4.69) is 15.9 Å². The maximum atomic E-state index is 10.3. The van der Waals surface area contributed by atoms with Gasteiger partial charge in [0, 0.05) is 37.7 Å². The highest BCUT2D eigenvalue weighted by molar-refractivity contribution is 6.30. The van der Waals surface area contributed by atoms with Crippen molar-refractivity contribution in [3.8, 4) is 5.75 Å². The van der Waals surface area contributed by atoms with Gasteiger partial charge in [0.05, 0.1) is 32.1 Å². The molecule has 1 heterocycles. The summed E-state index contributed by atoms with van der Waals surface area (Å²) in [4.78, 5) is 4.61. The van der Waals surface area contributed by atoms with Crippen molar-refractivity contribution in [2.24, 2.45) is 0 Å². The van der Waals surface area contributed by atoms with E-state index in [9.17, 15) is 5.11 Å². The lowest BCUT2D eigenvalue weighted by atomic mass is 10.2. The molecule has 27 heavy (non-hydrogen) atoms. The molecule has 1 aliphatic heterocycles. The molecule has 1 fully saturated rings. The molecule has 3 rings (SSSR count). The Morgan fingerprint density at radius 3 is 2.44 bits per heavy atom. The fourth-order valence-corrected chi connectivity index (χ4v) is 3.43. The van der Waals surface area contributed by atoms with E-state index >= 15 is 0 Å². The quantitative estimate of drug-likeness (QED) is 0.750. The van der Waals surface area contributed by atoms with Gasteiger partial charge in [0.15, 0.2) is 0 Å². The fourth-order valence-electron chi connectivity index (χ4n) is 3.31. The molecule has 2 aromatic rings. The zero-order valence-corrected chi connectivity index (χ0v) is 16.4. The molecule has 1 N–H and O–H groups in total. The minimum absolute atomic E-state index is 0.329. The van der Waals surface area contributed by atoms with E-state index in [4.69, 9.17) is 21.1 Å². The van der Waals surface area contributed by atoms with Gasteiger partial charge in [-0.1, -0.05) is 35.9 Å². The number of anilines is 1. The lowest BCUT2D eigenvalue weighted by molar-refractivity contribution is 0.00913. The third-order valence-electron chi connectivity index (χ3n) is 4.76. The van der Waals surface area contributed by atoms with Crippen LogP contribution < -0.4 is 9.64 Å². The summed E-state index contributed by atoms with van der Waals surface area (Å²) >= 11 is 5.87. The van der Waals surface area contributed by atoms with Crippen LogP contribution in [0.25, 0.3) is 0 Å². The lowest BCUT2D eigenvalue weighted by Crippen LogP contribution is -2.49. The molecule has 1 aliphatic rings. The van der Waals surface area contributed by atoms with Crippen LogP contribution in [0.5, 0.6) is 5.75 Å². The summed E-state index contributed by atoms with van der Waals surface area (Å²) in [6, 6.07) is 15.7. The second kappa shape index (κ2) is 9.95. The van der Waals surface area contributed by atoms with Crippen LogP contribution in [0.1, 0.15) is 5.56 Å². The van der Waals surface area contributed by atoms with Gasteiger partial charge in [0.25, 0.3) is 0 Å². The van der Waals surface area contributed by atoms with Crippen LogP contribution in [0.15, 0.2) is 48.5 Å². The molecule has 146 valence electrons. The van der Waals surface area contributed by atoms with E-state index in [-0.39, 0.29) is 0 Å². The number of rotatable bonds is 8. The molecule has 5 nitrogen and oxygen atoms in total. The molecule has 0 radical (unpaired) electrons. The van der Waals surface area contributed by atoms with Crippen LogP contribution in [0.3, 0.4) is 0 Å². The van der Waals surface area contributed by atoms with Gasteiger partial charge in [-0.2, -0.15) is 0 Å². The maximum Gasteiger partial charge on any atom is 0.142 e. The zero-order chi connectivity index (χ0) is 19.1. The van der Waals surface area contributed by atoms with E-state index < -0.39 is 6.10 Å². The first-order valence-corrected chi connectivity index (χ1v) is 9.64. The number of aliphatic hydroxyl groups excluding tert-OH is 1. The predicted octanol–water partition coefficient (Wildman–Crippen LogP) is 3.05. The van der Waals surface area contributed by atoms with Gasteiger partial charge in [-0.05, 0) is 29.8 Å². The zero-order valence-electron chi connectivity index (χ0n) is 15.7. The van der Waals surface area contributed by atoms with Crippen molar-refractivity contribution in [1.29, 1.82) is 0 Å². The average Bonchev–Trinajstić information content (AvgIpc) is 2.70. The van der Waals surface area contributed by atoms with Crippen molar-refractivity contribution < 1.29 is 14.6 Å². The largest absolute Gasteiger partial charge is 0.495 e. The van der Waals surface area contributed by atoms with Gasteiger partial charge >= 0.3 is 0 Å².